The second kappa shape index (κ2) is 6.33. The summed E-state index contributed by atoms with van der Waals surface area (Å²) in [6.07, 6.45) is 2.75. The van der Waals surface area contributed by atoms with Crippen LogP contribution in [0.4, 0.5) is 0 Å². The number of ether oxygens (including phenoxy) is 1. The predicted octanol–water partition coefficient (Wildman–Crippen LogP) is 1.36. The standard InChI is InChI=1S/C12H21NO4S/c1-4-18(15,16)13-10-6-5-7-11(8-10)17-12(14)9(2)3/h10-11,13H,2,4-8H2,1,3H3. The molecule has 6 heteroatoms. The van der Waals surface area contributed by atoms with Crippen molar-refractivity contribution in [2.75, 3.05) is 5.75 Å². The quantitative estimate of drug-likeness (QED) is 0.607. The molecule has 1 N–H and O–H groups in total. The highest BCUT2D eigenvalue weighted by Gasteiger charge is 2.27. The third-order valence-corrected chi connectivity index (χ3v) is 4.43. The topological polar surface area (TPSA) is 72.5 Å². The van der Waals surface area contributed by atoms with Gasteiger partial charge in [0.1, 0.15) is 6.10 Å². The smallest absolute Gasteiger partial charge is 0.333 e. The monoisotopic (exact) mass is 275 g/mol. The minimum atomic E-state index is -3.20. The first kappa shape index (κ1) is 15.2. The Morgan fingerprint density at radius 3 is 2.67 bits per heavy atom. The largest absolute Gasteiger partial charge is 0.459 e. The third-order valence-electron chi connectivity index (χ3n) is 2.97. The summed E-state index contributed by atoms with van der Waals surface area (Å²) in [6.45, 7) is 6.73. The molecule has 2 unspecified atom stereocenters. The summed E-state index contributed by atoms with van der Waals surface area (Å²) < 4.78 is 30.8. The number of hydrogen-bond acceptors (Lipinski definition) is 4. The molecule has 0 amide bonds. The molecule has 0 aromatic carbocycles. The third kappa shape index (κ3) is 4.78. The Hall–Kier alpha value is -0.880. The molecular weight excluding hydrogens is 254 g/mol. The summed E-state index contributed by atoms with van der Waals surface area (Å²) in [5, 5.41) is 0. The highest BCUT2D eigenvalue weighted by atomic mass is 32.2. The van der Waals surface area contributed by atoms with Crippen molar-refractivity contribution in [3.8, 4) is 0 Å². The van der Waals surface area contributed by atoms with Crippen molar-refractivity contribution in [2.24, 2.45) is 0 Å². The van der Waals surface area contributed by atoms with Gasteiger partial charge in [-0.1, -0.05) is 6.58 Å². The molecule has 104 valence electrons. The van der Waals surface area contributed by atoms with E-state index in [9.17, 15) is 13.2 Å². The van der Waals surface area contributed by atoms with Crippen molar-refractivity contribution in [2.45, 2.75) is 51.7 Å². The van der Waals surface area contributed by atoms with Gasteiger partial charge in [-0.15, -0.1) is 0 Å². The zero-order chi connectivity index (χ0) is 13.8. The Morgan fingerprint density at radius 1 is 1.44 bits per heavy atom. The molecule has 0 bridgehead atoms. The van der Waals surface area contributed by atoms with Crippen LogP contribution in [0, 0.1) is 0 Å². The fourth-order valence-electron chi connectivity index (χ4n) is 1.95. The number of sulfonamides is 1. The molecule has 0 saturated heterocycles. The number of hydrogen-bond donors (Lipinski definition) is 1. The molecule has 1 rings (SSSR count). The lowest BCUT2D eigenvalue weighted by molar-refractivity contribution is -0.145. The van der Waals surface area contributed by atoms with Crippen molar-refractivity contribution >= 4 is 16.0 Å². The van der Waals surface area contributed by atoms with Crippen LogP contribution in [0.15, 0.2) is 12.2 Å². The number of nitrogens with one attached hydrogen (secondary N) is 1. The molecule has 18 heavy (non-hydrogen) atoms. The summed E-state index contributed by atoms with van der Waals surface area (Å²) in [6, 6.07) is -0.133. The maximum atomic E-state index is 11.5. The van der Waals surface area contributed by atoms with Crippen LogP contribution in [0.2, 0.25) is 0 Å². The van der Waals surface area contributed by atoms with Crippen LogP contribution in [0.5, 0.6) is 0 Å². The molecule has 2 atom stereocenters. The first-order chi connectivity index (χ1) is 8.34. The van der Waals surface area contributed by atoms with Gasteiger partial charge in [-0.05, 0) is 33.1 Å². The Balaban J connectivity index is 2.51. The Kier molecular flexibility index (Phi) is 5.34. The highest BCUT2D eigenvalue weighted by molar-refractivity contribution is 7.89. The molecule has 0 heterocycles. The first-order valence-corrected chi connectivity index (χ1v) is 7.85. The van der Waals surface area contributed by atoms with Gasteiger partial charge in [-0.25, -0.2) is 17.9 Å². The van der Waals surface area contributed by atoms with Crippen LogP contribution >= 0.6 is 0 Å². The summed E-state index contributed by atoms with van der Waals surface area (Å²) in [4.78, 5) is 11.4. The maximum Gasteiger partial charge on any atom is 0.333 e. The fourth-order valence-corrected chi connectivity index (χ4v) is 2.84. The number of carbonyl (C=O) groups excluding carboxylic acids is 1. The van der Waals surface area contributed by atoms with Crippen molar-refractivity contribution in [3.63, 3.8) is 0 Å². The number of rotatable bonds is 5. The normalized spacial score (nSPS) is 24.6. The summed E-state index contributed by atoms with van der Waals surface area (Å²) >= 11 is 0. The lowest BCUT2D eigenvalue weighted by atomic mass is 9.93. The number of carbonyl (C=O) groups is 1. The van der Waals surface area contributed by atoms with Crippen LogP contribution in [0.1, 0.15) is 39.5 Å². The molecule has 0 spiro atoms. The van der Waals surface area contributed by atoms with Crippen LogP contribution < -0.4 is 4.72 Å². The van der Waals surface area contributed by atoms with E-state index < -0.39 is 16.0 Å². The summed E-state index contributed by atoms with van der Waals surface area (Å²) in [5.74, 6) is -0.335. The van der Waals surface area contributed by atoms with E-state index in [1.165, 1.54) is 0 Å². The SMILES string of the molecule is C=C(C)C(=O)OC1CCCC(NS(=O)(=O)CC)C1. The van der Waals surface area contributed by atoms with Crippen molar-refractivity contribution in [3.05, 3.63) is 12.2 Å². The summed E-state index contributed by atoms with van der Waals surface area (Å²) in [7, 11) is -3.20. The van der Waals surface area contributed by atoms with E-state index in [0.29, 0.717) is 12.0 Å². The van der Waals surface area contributed by atoms with E-state index in [-0.39, 0.29) is 17.9 Å². The van der Waals surface area contributed by atoms with Gasteiger partial charge in [-0.3, -0.25) is 0 Å². The molecule has 0 radical (unpaired) electrons. The van der Waals surface area contributed by atoms with Gasteiger partial charge in [0.15, 0.2) is 0 Å². The Labute approximate surface area is 109 Å². The minimum Gasteiger partial charge on any atom is -0.459 e. The average molecular weight is 275 g/mol. The fraction of sp³-hybridized carbons (Fsp3) is 0.750. The van der Waals surface area contributed by atoms with Gasteiger partial charge in [0.2, 0.25) is 10.0 Å². The maximum absolute atomic E-state index is 11.5. The first-order valence-electron chi connectivity index (χ1n) is 6.20. The highest BCUT2D eigenvalue weighted by Crippen LogP contribution is 2.22. The lowest BCUT2D eigenvalue weighted by Gasteiger charge is -2.29. The van der Waals surface area contributed by atoms with Crippen molar-refractivity contribution < 1.29 is 17.9 Å². The van der Waals surface area contributed by atoms with Crippen molar-refractivity contribution in [1.29, 1.82) is 0 Å². The van der Waals surface area contributed by atoms with E-state index in [1.807, 2.05) is 0 Å². The van der Waals surface area contributed by atoms with E-state index in [2.05, 4.69) is 11.3 Å². The zero-order valence-electron chi connectivity index (χ0n) is 10.9. The van der Waals surface area contributed by atoms with Crippen LogP contribution in [0.25, 0.3) is 0 Å². The summed E-state index contributed by atoms with van der Waals surface area (Å²) in [5.41, 5.74) is 0.367. The molecule has 0 aliphatic heterocycles. The molecule has 1 aliphatic carbocycles. The molecule has 1 fully saturated rings. The van der Waals surface area contributed by atoms with Gasteiger partial charge in [0.25, 0.3) is 0 Å². The molecule has 0 aromatic heterocycles. The van der Waals surface area contributed by atoms with Gasteiger partial charge < -0.3 is 4.74 Å². The minimum absolute atomic E-state index is 0.0692. The number of esters is 1. The average Bonchev–Trinajstić information content (AvgIpc) is 2.28. The molecule has 5 nitrogen and oxygen atoms in total. The zero-order valence-corrected chi connectivity index (χ0v) is 11.8. The molecular formula is C12H21NO4S. The second-order valence-electron chi connectivity index (χ2n) is 4.69. The van der Waals surface area contributed by atoms with Crippen LogP contribution in [0.3, 0.4) is 0 Å². The van der Waals surface area contributed by atoms with Crippen molar-refractivity contribution in [1.82, 2.24) is 4.72 Å². The second-order valence-corrected chi connectivity index (χ2v) is 6.73. The van der Waals surface area contributed by atoms with Gasteiger partial charge in [-0.2, -0.15) is 0 Å². The van der Waals surface area contributed by atoms with Gasteiger partial charge in [0.05, 0.1) is 5.75 Å². The van der Waals surface area contributed by atoms with E-state index in [0.717, 1.165) is 19.3 Å². The lowest BCUT2D eigenvalue weighted by Crippen LogP contribution is -2.41. The Bertz CT molecular complexity index is 416. The molecule has 0 aromatic rings. The van der Waals surface area contributed by atoms with E-state index in [4.69, 9.17) is 4.74 Å². The van der Waals surface area contributed by atoms with Crippen LogP contribution in [-0.4, -0.2) is 32.3 Å². The van der Waals surface area contributed by atoms with E-state index >= 15 is 0 Å². The van der Waals surface area contributed by atoms with E-state index in [1.54, 1.807) is 13.8 Å². The molecule has 1 saturated carbocycles. The van der Waals surface area contributed by atoms with Gasteiger partial charge in [0, 0.05) is 18.0 Å². The predicted molar refractivity (Wildman–Crippen MR) is 69.5 cm³/mol. The van der Waals surface area contributed by atoms with Crippen LogP contribution in [-0.2, 0) is 19.6 Å². The Morgan fingerprint density at radius 2 is 2.11 bits per heavy atom. The van der Waals surface area contributed by atoms with Gasteiger partial charge >= 0.3 is 5.97 Å². The molecule has 1 aliphatic rings.